The highest BCUT2D eigenvalue weighted by Gasteiger charge is 2.17. The number of rotatable bonds is 4. The van der Waals surface area contributed by atoms with E-state index in [0.717, 1.165) is 71.4 Å². The van der Waals surface area contributed by atoms with Gasteiger partial charge in [0.05, 0.1) is 5.39 Å². The third kappa shape index (κ3) is 4.63. The summed E-state index contributed by atoms with van der Waals surface area (Å²) < 4.78 is 6.16. The van der Waals surface area contributed by atoms with Crippen LogP contribution in [0.1, 0.15) is 0 Å². The number of nitrogens with zero attached hydrogens (tertiary/aromatic N) is 4. The van der Waals surface area contributed by atoms with Gasteiger partial charge in [0.1, 0.15) is 11.1 Å². The van der Waals surface area contributed by atoms with Crippen LogP contribution in [0.15, 0.2) is 162 Å². The van der Waals surface area contributed by atoms with Gasteiger partial charge in [-0.15, -0.1) is 0 Å². The smallest absolute Gasteiger partial charge is 0.164 e. The van der Waals surface area contributed by atoms with Gasteiger partial charge in [-0.1, -0.05) is 115 Å². The summed E-state index contributed by atoms with van der Waals surface area (Å²) in [7, 11) is 0. The quantitative estimate of drug-likeness (QED) is 0.194. The molecule has 49 heavy (non-hydrogen) atoms. The number of hydrogen-bond donors (Lipinski definition) is 0. The van der Waals surface area contributed by atoms with E-state index in [9.17, 15) is 0 Å². The van der Waals surface area contributed by atoms with Gasteiger partial charge in [-0.2, -0.15) is 0 Å². The zero-order chi connectivity index (χ0) is 32.3. The van der Waals surface area contributed by atoms with Crippen LogP contribution in [-0.2, 0) is 0 Å². The number of hydrogen-bond acceptors (Lipinski definition) is 5. The summed E-state index contributed by atoms with van der Waals surface area (Å²) in [4.78, 5) is 19.9. The van der Waals surface area contributed by atoms with Gasteiger partial charge < -0.3 is 4.42 Å². The van der Waals surface area contributed by atoms with Crippen LogP contribution in [0.5, 0.6) is 0 Å². The molecule has 5 heteroatoms. The molecule has 228 valence electrons. The van der Waals surface area contributed by atoms with Crippen molar-refractivity contribution in [3.8, 4) is 45.3 Å². The molecule has 5 nitrogen and oxygen atoms in total. The Morgan fingerprint density at radius 2 is 0.918 bits per heavy atom. The molecule has 7 aromatic carbocycles. The molecule has 0 saturated heterocycles. The van der Waals surface area contributed by atoms with Crippen LogP contribution >= 0.6 is 0 Å². The van der Waals surface area contributed by atoms with Gasteiger partial charge in [0, 0.05) is 22.9 Å². The van der Waals surface area contributed by atoms with E-state index in [1.807, 2.05) is 30.5 Å². The highest BCUT2D eigenvalue weighted by molar-refractivity contribution is 6.14. The second-order valence-electron chi connectivity index (χ2n) is 12.3. The number of fused-ring (bicyclic) bond motifs is 6. The first-order chi connectivity index (χ1) is 24.2. The monoisotopic (exact) mass is 626 g/mol. The Bertz CT molecular complexity index is 2810. The van der Waals surface area contributed by atoms with E-state index >= 15 is 0 Å². The van der Waals surface area contributed by atoms with E-state index in [-0.39, 0.29) is 0 Å². The summed E-state index contributed by atoms with van der Waals surface area (Å²) in [5, 5.41) is 7.87. The summed E-state index contributed by atoms with van der Waals surface area (Å²) in [6.07, 6.45) is 1.82. The van der Waals surface area contributed by atoms with Gasteiger partial charge in [0.25, 0.3) is 0 Å². The van der Waals surface area contributed by atoms with Crippen molar-refractivity contribution < 1.29 is 4.42 Å². The van der Waals surface area contributed by atoms with Crippen molar-refractivity contribution in [3.63, 3.8) is 0 Å². The normalized spacial score (nSPS) is 11.7. The molecule has 10 rings (SSSR count). The Hall–Kier alpha value is -6.72. The van der Waals surface area contributed by atoms with Crippen LogP contribution in [-0.4, -0.2) is 19.9 Å². The van der Waals surface area contributed by atoms with E-state index in [2.05, 4.69) is 132 Å². The summed E-state index contributed by atoms with van der Waals surface area (Å²) in [5.74, 6) is 1.90. The highest BCUT2D eigenvalue weighted by atomic mass is 16.3. The fourth-order valence-electron chi connectivity index (χ4n) is 6.94. The van der Waals surface area contributed by atoms with Crippen LogP contribution in [0.2, 0.25) is 0 Å². The lowest BCUT2D eigenvalue weighted by Gasteiger charge is -2.12. The van der Waals surface area contributed by atoms with Crippen LogP contribution in [0.25, 0.3) is 99.7 Å². The lowest BCUT2D eigenvalue weighted by atomic mass is 9.94. The van der Waals surface area contributed by atoms with Gasteiger partial charge in [-0.05, 0) is 79.8 Å². The molecule has 0 amide bonds. The standard InChI is InChI=1S/C44H26N4O/c1-3-10-29-24-32(19-17-27(29)8-1)42-46-43(33-20-18-28-9-2-4-11-30(28)25-33)48-44(47-42)34-21-22-35-31(26-34)12-5-13-36(35)37-14-6-15-38-40(37)41-39(49-38)16-7-23-45-41/h1-26H. The molecular weight excluding hydrogens is 601 g/mol. The third-order valence-corrected chi connectivity index (χ3v) is 9.33. The van der Waals surface area contributed by atoms with E-state index in [4.69, 9.17) is 19.4 Å². The molecule has 0 unspecified atom stereocenters. The number of furan rings is 1. The van der Waals surface area contributed by atoms with Crippen LogP contribution in [0.3, 0.4) is 0 Å². The van der Waals surface area contributed by atoms with Gasteiger partial charge in [-0.25, -0.2) is 15.0 Å². The number of pyridine rings is 1. The molecule has 10 aromatic rings. The molecule has 0 atom stereocenters. The zero-order valence-corrected chi connectivity index (χ0v) is 26.2. The Balaban J connectivity index is 1.15. The van der Waals surface area contributed by atoms with Gasteiger partial charge >= 0.3 is 0 Å². The van der Waals surface area contributed by atoms with Crippen LogP contribution in [0.4, 0.5) is 0 Å². The SMILES string of the molecule is c1ccc2cc(-c3nc(-c4ccc5ccccc5c4)nc(-c4ccc5c(-c6cccc7oc8cccnc8c67)cccc5c4)n3)ccc2c1. The molecule has 0 aliphatic rings. The van der Waals surface area contributed by atoms with Crippen molar-refractivity contribution >= 4 is 54.4 Å². The fourth-order valence-corrected chi connectivity index (χ4v) is 6.94. The van der Waals surface area contributed by atoms with Crippen molar-refractivity contribution in [1.29, 1.82) is 0 Å². The minimum absolute atomic E-state index is 0.626. The number of aromatic nitrogens is 4. The third-order valence-electron chi connectivity index (χ3n) is 9.33. The lowest BCUT2D eigenvalue weighted by molar-refractivity contribution is 0.668. The Kier molecular flexibility index (Phi) is 6.11. The Morgan fingerprint density at radius 1 is 0.388 bits per heavy atom. The predicted octanol–water partition coefficient (Wildman–Crippen LogP) is 11.3. The van der Waals surface area contributed by atoms with Gasteiger partial charge in [-0.3, -0.25) is 4.98 Å². The van der Waals surface area contributed by atoms with Crippen LogP contribution in [0, 0.1) is 0 Å². The minimum Gasteiger partial charge on any atom is -0.454 e. The predicted molar refractivity (Wildman–Crippen MR) is 199 cm³/mol. The van der Waals surface area contributed by atoms with E-state index in [1.54, 1.807) is 0 Å². The van der Waals surface area contributed by atoms with Crippen LogP contribution < -0.4 is 0 Å². The van der Waals surface area contributed by atoms with E-state index in [1.165, 1.54) is 10.8 Å². The zero-order valence-electron chi connectivity index (χ0n) is 26.2. The molecule has 0 bridgehead atoms. The summed E-state index contributed by atoms with van der Waals surface area (Å²) >= 11 is 0. The molecule has 0 spiro atoms. The number of benzene rings is 7. The van der Waals surface area contributed by atoms with Gasteiger partial charge in [0.15, 0.2) is 23.1 Å². The molecule has 0 radical (unpaired) electrons. The second kappa shape index (κ2) is 10.9. The molecular formula is C44H26N4O. The topological polar surface area (TPSA) is 64.7 Å². The van der Waals surface area contributed by atoms with Gasteiger partial charge in [0.2, 0.25) is 0 Å². The van der Waals surface area contributed by atoms with Crippen molar-refractivity contribution in [1.82, 2.24) is 19.9 Å². The van der Waals surface area contributed by atoms with Crippen molar-refractivity contribution in [2.75, 3.05) is 0 Å². The molecule has 3 aromatic heterocycles. The fraction of sp³-hybridized carbons (Fsp3) is 0. The molecule has 0 saturated carbocycles. The first kappa shape index (κ1) is 27.4. The Labute approximate surface area is 281 Å². The minimum atomic E-state index is 0.626. The average Bonchev–Trinajstić information content (AvgIpc) is 3.56. The lowest BCUT2D eigenvalue weighted by Crippen LogP contribution is -2.00. The summed E-state index contributed by atoms with van der Waals surface area (Å²) in [6, 6.07) is 52.4. The molecule has 0 N–H and O–H groups in total. The second-order valence-corrected chi connectivity index (χ2v) is 12.3. The Morgan fingerprint density at radius 3 is 1.59 bits per heavy atom. The van der Waals surface area contributed by atoms with Crippen molar-refractivity contribution in [2.45, 2.75) is 0 Å². The maximum absolute atomic E-state index is 6.16. The largest absolute Gasteiger partial charge is 0.454 e. The maximum atomic E-state index is 6.16. The van der Waals surface area contributed by atoms with E-state index in [0.29, 0.717) is 17.5 Å². The van der Waals surface area contributed by atoms with Crippen molar-refractivity contribution in [3.05, 3.63) is 158 Å². The average molecular weight is 627 g/mol. The van der Waals surface area contributed by atoms with Crippen molar-refractivity contribution in [2.24, 2.45) is 0 Å². The molecule has 0 aliphatic carbocycles. The first-order valence-electron chi connectivity index (χ1n) is 16.3. The summed E-state index contributed by atoms with van der Waals surface area (Å²) in [5.41, 5.74) is 7.50. The summed E-state index contributed by atoms with van der Waals surface area (Å²) in [6.45, 7) is 0. The first-order valence-corrected chi connectivity index (χ1v) is 16.3. The molecule has 0 fully saturated rings. The highest BCUT2D eigenvalue weighted by Crippen LogP contribution is 2.39. The van der Waals surface area contributed by atoms with E-state index < -0.39 is 0 Å². The maximum Gasteiger partial charge on any atom is 0.164 e. The molecule has 0 aliphatic heterocycles. The molecule has 3 heterocycles.